The van der Waals surface area contributed by atoms with Crippen LogP contribution in [-0.4, -0.2) is 20.0 Å². The first-order valence-corrected chi connectivity index (χ1v) is 7.31. The van der Waals surface area contributed by atoms with E-state index in [9.17, 15) is 0 Å². The third-order valence-corrected chi connectivity index (χ3v) is 3.58. The minimum absolute atomic E-state index is 0.686. The molecule has 5 nitrogen and oxygen atoms in total. The number of hydrogen-bond acceptors (Lipinski definition) is 4. The summed E-state index contributed by atoms with van der Waals surface area (Å²) in [6, 6.07) is 12.3. The van der Waals surface area contributed by atoms with Crippen LogP contribution in [0.1, 0.15) is 22.4 Å². The van der Waals surface area contributed by atoms with Gasteiger partial charge in [0.2, 0.25) is 0 Å². The number of nitrogens with zero attached hydrogens (tertiary/aromatic N) is 4. The van der Waals surface area contributed by atoms with E-state index in [0.29, 0.717) is 6.54 Å². The van der Waals surface area contributed by atoms with Crippen LogP contribution in [0, 0.1) is 13.8 Å². The van der Waals surface area contributed by atoms with Gasteiger partial charge in [-0.2, -0.15) is 10.2 Å². The average molecular weight is 293 g/mol. The number of anilines is 1. The maximum Gasteiger partial charge on any atom is 0.149 e. The molecule has 0 saturated heterocycles. The molecular formula is C17H19N5. The van der Waals surface area contributed by atoms with Gasteiger partial charge in [-0.15, -0.1) is 5.10 Å². The molecule has 0 saturated carbocycles. The molecule has 0 aliphatic rings. The number of aromatic nitrogens is 4. The largest absolute Gasteiger partial charge is 0.364 e. The van der Waals surface area contributed by atoms with E-state index in [1.54, 1.807) is 0 Å². The van der Waals surface area contributed by atoms with Gasteiger partial charge < -0.3 is 5.32 Å². The highest BCUT2D eigenvalue weighted by Crippen LogP contribution is 2.10. The summed E-state index contributed by atoms with van der Waals surface area (Å²) in [4.78, 5) is 0. The zero-order valence-corrected chi connectivity index (χ0v) is 12.8. The van der Waals surface area contributed by atoms with Crippen LogP contribution in [0.2, 0.25) is 0 Å². The summed E-state index contributed by atoms with van der Waals surface area (Å²) in [5, 5.41) is 15.9. The number of hydrogen-bond donors (Lipinski definition) is 1. The molecule has 1 aromatic carbocycles. The zero-order chi connectivity index (χ0) is 15.4. The Morgan fingerprint density at radius 3 is 2.64 bits per heavy atom. The van der Waals surface area contributed by atoms with E-state index in [4.69, 9.17) is 0 Å². The van der Waals surface area contributed by atoms with Crippen LogP contribution in [-0.2, 0) is 13.1 Å². The second kappa shape index (κ2) is 6.39. The van der Waals surface area contributed by atoms with Crippen molar-refractivity contribution in [3.8, 4) is 0 Å². The Labute approximate surface area is 130 Å². The molecule has 112 valence electrons. The lowest BCUT2D eigenvalue weighted by molar-refractivity contribution is 0.686. The van der Waals surface area contributed by atoms with E-state index in [1.807, 2.05) is 49.0 Å². The highest BCUT2D eigenvalue weighted by Gasteiger charge is 2.02. The molecule has 5 heteroatoms. The van der Waals surface area contributed by atoms with E-state index in [-0.39, 0.29) is 0 Å². The molecule has 0 radical (unpaired) electrons. The van der Waals surface area contributed by atoms with Gasteiger partial charge >= 0.3 is 0 Å². The lowest BCUT2D eigenvalue weighted by Crippen LogP contribution is -2.03. The van der Waals surface area contributed by atoms with Crippen molar-refractivity contribution in [2.45, 2.75) is 26.9 Å². The van der Waals surface area contributed by atoms with Crippen molar-refractivity contribution < 1.29 is 0 Å². The standard InChI is InChI=1S/C17H19N5/c1-13-8-17(21-20-14(13)2)18-9-16-10-19-22(12-16)11-15-6-4-3-5-7-15/h3-8,10,12H,9,11H2,1-2H3,(H,18,21). The third-order valence-electron chi connectivity index (χ3n) is 3.58. The topological polar surface area (TPSA) is 55.6 Å². The van der Waals surface area contributed by atoms with Crippen molar-refractivity contribution in [1.82, 2.24) is 20.0 Å². The molecule has 0 unspecified atom stereocenters. The first-order valence-electron chi connectivity index (χ1n) is 7.31. The predicted octanol–water partition coefficient (Wildman–Crippen LogP) is 2.95. The van der Waals surface area contributed by atoms with Crippen molar-refractivity contribution in [2.75, 3.05) is 5.32 Å². The van der Waals surface area contributed by atoms with E-state index in [2.05, 4.69) is 38.9 Å². The molecule has 0 spiro atoms. The molecule has 22 heavy (non-hydrogen) atoms. The number of rotatable bonds is 5. The quantitative estimate of drug-likeness (QED) is 0.786. The van der Waals surface area contributed by atoms with E-state index in [0.717, 1.165) is 29.2 Å². The fourth-order valence-corrected chi connectivity index (χ4v) is 2.18. The molecule has 1 N–H and O–H groups in total. The summed E-state index contributed by atoms with van der Waals surface area (Å²) in [7, 11) is 0. The first-order chi connectivity index (χ1) is 10.7. The minimum atomic E-state index is 0.686. The van der Waals surface area contributed by atoms with Gasteiger partial charge in [-0.3, -0.25) is 4.68 Å². The smallest absolute Gasteiger partial charge is 0.149 e. The molecule has 0 aliphatic carbocycles. The van der Waals surface area contributed by atoms with Crippen LogP contribution in [0.15, 0.2) is 48.8 Å². The highest BCUT2D eigenvalue weighted by molar-refractivity contribution is 5.37. The van der Waals surface area contributed by atoms with Crippen LogP contribution < -0.4 is 5.32 Å². The molecule has 0 bridgehead atoms. The Bertz CT molecular complexity index is 749. The maximum atomic E-state index is 4.40. The second-order valence-electron chi connectivity index (χ2n) is 5.38. The van der Waals surface area contributed by atoms with E-state index >= 15 is 0 Å². The molecule has 0 fully saturated rings. The molecule has 2 aromatic heterocycles. The molecule has 0 aliphatic heterocycles. The van der Waals surface area contributed by atoms with Crippen LogP contribution >= 0.6 is 0 Å². The lowest BCUT2D eigenvalue weighted by atomic mass is 10.2. The fraction of sp³-hybridized carbons (Fsp3) is 0.235. The SMILES string of the molecule is Cc1cc(NCc2cnn(Cc3ccccc3)c2)nnc1C. The Morgan fingerprint density at radius 1 is 1.05 bits per heavy atom. The molecule has 2 heterocycles. The second-order valence-corrected chi connectivity index (χ2v) is 5.38. The lowest BCUT2D eigenvalue weighted by Gasteiger charge is -2.05. The van der Waals surface area contributed by atoms with Gasteiger partial charge in [0.1, 0.15) is 5.82 Å². The highest BCUT2D eigenvalue weighted by atomic mass is 15.3. The summed E-state index contributed by atoms with van der Waals surface area (Å²) in [6.45, 7) is 5.46. The van der Waals surface area contributed by atoms with Gasteiger partial charge in [-0.05, 0) is 31.0 Å². The van der Waals surface area contributed by atoms with E-state index < -0.39 is 0 Å². The number of benzene rings is 1. The molecule has 3 aromatic rings. The summed E-state index contributed by atoms with van der Waals surface area (Å²) >= 11 is 0. The first kappa shape index (κ1) is 14.3. The van der Waals surface area contributed by atoms with Crippen LogP contribution in [0.3, 0.4) is 0 Å². The van der Waals surface area contributed by atoms with Gasteiger partial charge in [0.15, 0.2) is 0 Å². The van der Waals surface area contributed by atoms with Gasteiger partial charge in [-0.1, -0.05) is 30.3 Å². The molecule has 0 atom stereocenters. The monoisotopic (exact) mass is 293 g/mol. The van der Waals surface area contributed by atoms with Crippen molar-refractivity contribution in [2.24, 2.45) is 0 Å². The third kappa shape index (κ3) is 3.49. The Kier molecular flexibility index (Phi) is 4.14. The van der Waals surface area contributed by atoms with Crippen molar-refractivity contribution in [3.63, 3.8) is 0 Å². The van der Waals surface area contributed by atoms with Crippen LogP contribution in [0.4, 0.5) is 5.82 Å². The van der Waals surface area contributed by atoms with Gasteiger partial charge in [0.25, 0.3) is 0 Å². The normalized spacial score (nSPS) is 10.6. The fourth-order valence-electron chi connectivity index (χ4n) is 2.18. The molecular weight excluding hydrogens is 274 g/mol. The van der Waals surface area contributed by atoms with E-state index in [1.165, 1.54) is 5.56 Å². The summed E-state index contributed by atoms with van der Waals surface area (Å²) in [5.41, 5.74) is 4.46. The molecule has 3 rings (SSSR count). The Morgan fingerprint density at radius 2 is 1.86 bits per heavy atom. The van der Waals surface area contributed by atoms with Gasteiger partial charge in [0.05, 0.1) is 18.4 Å². The Balaban J connectivity index is 1.61. The maximum absolute atomic E-state index is 4.40. The summed E-state index contributed by atoms with van der Waals surface area (Å²) < 4.78 is 1.94. The Hall–Kier alpha value is -2.69. The summed E-state index contributed by atoms with van der Waals surface area (Å²) in [6.07, 6.45) is 3.93. The van der Waals surface area contributed by atoms with Crippen LogP contribution in [0.25, 0.3) is 0 Å². The number of aryl methyl sites for hydroxylation is 2. The average Bonchev–Trinajstić information content (AvgIpc) is 2.97. The summed E-state index contributed by atoms with van der Waals surface area (Å²) in [5.74, 6) is 0.791. The zero-order valence-electron chi connectivity index (χ0n) is 12.8. The minimum Gasteiger partial charge on any atom is -0.364 e. The van der Waals surface area contributed by atoms with Crippen LogP contribution in [0.5, 0.6) is 0 Å². The van der Waals surface area contributed by atoms with Crippen molar-refractivity contribution in [1.29, 1.82) is 0 Å². The predicted molar refractivity (Wildman–Crippen MR) is 86.6 cm³/mol. The number of nitrogens with one attached hydrogen (secondary N) is 1. The van der Waals surface area contributed by atoms with Crippen molar-refractivity contribution >= 4 is 5.82 Å². The van der Waals surface area contributed by atoms with Crippen molar-refractivity contribution in [3.05, 3.63) is 71.2 Å². The van der Waals surface area contributed by atoms with Gasteiger partial charge in [0, 0.05) is 18.3 Å². The van der Waals surface area contributed by atoms with Gasteiger partial charge in [-0.25, -0.2) is 0 Å². The molecule has 0 amide bonds.